The van der Waals surface area contributed by atoms with Crippen molar-refractivity contribution in [3.63, 3.8) is 0 Å². The summed E-state index contributed by atoms with van der Waals surface area (Å²) in [5, 5.41) is 2.92. The van der Waals surface area contributed by atoms with Gasteiger partial charge in [-0.05, 0) is 54.4 Å². The van der Waals surface area contributed by atoms with Crippen LogP contribution in [0.25, 0.3) is 0 Å². The third-order valence-electron chi connectivity index (χ3n) is 4.75. The van der Waals surface area contributed by atoms with Crippen LogP contribution in [0.15, 0.2) is 59.7 Å². The van der Waals surface area contributed by atoms with Crippen LogP contribution in [0.5, 0.6) is 5.75 Å². The Morgan fingerprint density at radius 2 is 2.04 bits per heavy atom. The lowest BCUT2D eigenvalue weighted by atomic mass is 9.89. The summed E-state index contributed by atoms with van der Waals surface area (Å²) >= 11 is 0. The molecule has 6 nitrogen and oxygen atoms in total. The summed E-state index contributed by atoms with van der Waals surface area (Å²) < 4.78 is 19.7. The van der Waals surface area contributed by atoms with Crippen LogP contribution in [-0.2, 0) is 12.3 Å². The van der Waals surface area contributed by atoms with Crippen LogP contribution < -0.4 is 21.5 Å². The highest BCUT2D eigenvalue weighted by molar-refractivity contribution is 5.83. The quantitative estimate of drug-likeness (QED) is 0.606. The van der Waals surface area contributed by atoms with Gasteiger partial charge in [-0.15, -0.1) is 0 Å². The topological polar surface area (TPSA) is 98.5 Å². The van der Waals surface area contributed by atoms with Gasteiger partial charge in [-0.25, -0.2) is 9.38 Å². The number of nitrogens with one attached hydrogen (secondary N) is 1. The highest BCUT2D eigenvalue weighted by Crippen LogP contribution is 2.39. The van der Waals surface area contributed by atoms with Crippen molar-refractivity contribution < 1.29 is 9.13 Å². The first kappa shape index (κ1) is 17.9. The molecule has 1 unspecified atom stereocenters. The second-order valence-electron chi connectivity index (χ2n) is 6.68. The summed E-state index contributed by atoms with van der Waals surface area (Å²) in [6.45, 7) is 2.31. The van der Waals surface area contributed by atoms with E-state index in [0.29, 0.717) is 17.9 Å². The molecule has 5 N–H and O–H groups in total. The number of aryl methyl sites for hydroxylation is 1. The average molecular weight is 377 g/mol. The van der Waals surface area contributed by atoms with Crippen LogP contribution in [-0.4, -0.2) is 11.3 Å². The summed E-state index contributed by atoms with van der Waals surface area (Å²) in [5.41, 5.74) is 14.9. The van der Waals surface area contributed by atoms with Gasteiger partial charge in [0.15, 0.2) is 5.66 Å². The maximum Gasteiger partial charge on any atom is 0.163 e. The van der Waals surface area contributed by atoms with E-state index in [4.69, 9.17) is 16.2 Å². The Kier molecular flexibility index (Phi) is 4.44. The van der Waals surface area contributed by atoms with Crippen LogP contribution in [0, 0.1) is 12.7 Å². The highest BCUT2D eigenvalue weighted by Gasteiger charge is 2.34. The molecule has 3 aromatic rings. The minimum absolute atomic E-state index is 0.0273. The summed E-state index contributed by atoms with van der Waals surface area (Å²) in [7, 11) is 0. The normalized spacial score (nSPS) is 17.7. The lowest BCUT2D eigenvalue weighted by Gasteiger charge is -2.32. The first-order chi connectivity index (χ1) is 13.5. The number of rotatable bonds is 4. The predicted molar refractivity (Wildman–Crippen MR) is 108 cm³/mol. The number of nitrogen functional groups attached to an aromatic ring is 1. The third-order valence-corrected chi connectivity index (χ3v) is 4.75. The van der Waals surface area contributed by atoms with Crippen molar-refractivity contribution in [1.82, 2.24) is 4.98 Å². The molecule has 0 radical (unpaired) electrons. The van der Waals surface area contributed by atoms with Gasteiger partial charge in [0.2, 0.25) is 0 Å². The minimum Gasteiger partial charge on any atom is -0.487 e. The lowest BCUT2D eigenvalue weighted by molar-refractivity contribution is 0.299. The van der Waals surface area contributed by atoms with E-state index < -0.39 is 11.5 Å². The Morgan fingerprint density at radius 1 is 1.18 bits per heavy atom. The second-order valence-corrected chi connectivity index (χ2v) is 6.68. The Hall–Kier alpha value is -3.45. The van der Waals surface area contributed by atoms with E-state index in [1.54, 1.807) is 6.20 Å². The van der Waals surface area contributed by atoms with Gasteiger partial charge in [-0.2, -0.15) is 0 Å². The molecule has 1 aromatic heterocycles. The number of hydrogen-bond acceptors (Lipinski definition) is 6. The molecule has 0 saturated heterocycles. The molecule has 1 atom stereocenters. The molecule has 7 heteroatoms. The zero-order chi connectivity index (χ0) is 19.7. The second kappa shape index (κ2) is 6.94. The minimum atomic E-state index is -1.17. The number of ether oxygens (including phenoxy) is 1. The third kappa shape index (κ3) is 3.16. The van der Waals surface area contributed by atoms with Crippen molar-refractivity contribution in [3.05, 3.63) is 82.9 Å². The Morgan fingerprint density at radius 3 is 2.79 bits per heavy atom. The molecule has 0 bridgehead atoms. The number of fused-ring (bicyclic) bond motifs is 1. The molecule has 1 aliphatic heterocycles. The van der Waals surface area contributed by atoms with Crippen molar-refractivity contribution in [1.29, 1.82) is 0 Å². The predicted octanol–water partition coefficient (Wildman–Crippen LogP) is 3.30. The fraction of sp³-hybridized carbons (Fsp3) is 0.143. The largest absolute Gasteiger partial charge is 0.487 e. The van der Waals surface area contributed by atoms with E-state index in [0.717, 1.165) is 22.6 Å². The van der Waals surface area contributed by atoms with Crippen LogP contribution in [0.4, 0.5) is 15.8 Å². The van der Waals surface area contributed by atoms with Crippen molar-refractivity contribution in [3.8, 4) is 5.75 Å². The monoisotopic (exact) mass is 377 g/mol. The molecule has 0 amide bonds. The average Bonchev–Trinajstić information content (AvgIpc) is 2.69. The molecular weight excluding hydrogens is 357 g/mol. The standard InChI is InChI=1S/C21H20FN5O/c1-13-8-14(5-6-20(13)28-11-15-4-2-3-7-25-15)21(24)16-9-18(23)17(22)10-19(16)26-12-27-21/h2-10,12H,11,23-24H2,1H3,(H,26,27). The van der Waals surface area contributed by atoms with E-state index in [2.05, 4.69) is 15.3 Å². The fourth-order valence-corrected chi connectivity index (χ4v) is 3.21. The van der Waals surface area contributed by atoms with Gasteiger partial charge in [0, 0.05) is 17.4 Å². The summed E-state index contributed by atoms with van der Waals surface area (Å²) in [6.07, 6.45) is 3.20. The van der Waals surface area contributed by atoms with Gasteiger partial charge in [-0.1, -0.05) is 12.1 Å². The van der Waals surface area contributed by atoms with Crippen molar-refractivity contribution in [2.24, 2.45) is 10.7 Å². The lowest BCUT2D eigenvalue weighted by Crippen LogP contribution is -2.39. The van der Waals surface area contributed by atoms with Gasteiger partial charge in [0.05, 0.1) is 17.7 Å². The smallest absolute Gasteiger partial charge is 0.163 e. The molecule has 28 heavy (non-hydrogen) atoms. The van der Waals surface area contributed by atoms with Crippen LogP contribution in [0.2, 0.25) is 0 Å². The first-order valence-electron chi connectivity index (χ1n) is 8.80. The molecule has 2 aromatic carbocycles. The Labute approximate surface area is 162 Å². The van der Waals surface area contributed by atoms with Crippen molar-refractivity contribution >= 4 is 17.7 Å². The van der Waals surface area contributed by atoms with E-state index in [9.17, 15) is 4.39 Å². The Balaban J connectivity index is 1.65. The number of aromatic nitrogens is 1. The zero-order valence-corrected chi connectivity index (χ0v) is 15.3. The molecule has 0 saturated carbocycles. The van der Waals surface area contributed by atoms with E-state index in [1.807, 2.05) is 43.3 Å². The number of anilines is 2. The van der Waals surface area contributed by atoms with Gasteiger partial charge in [-0.3, -0.25) is 10.7 Å². The van der Waals surface area contributed by atoms with E-state index >= 15 is 0 Å². The molecule has 2 heterocycles. The molecule has 0 spiro atoms. The highest BCUT2D eigenvalue weighted by atomic mass is 19.1. The SMILES string of the molecule is Cc1cc(C2(N)N=CNc3cc(F)c(N)cc32)ccc1OCc1ccccn1. The summed E-state index contributed by atoms with van der Waals surface area (Å²) in [4.78, 5) is 8.67. The van der Waals surface area contributed by atoms with Crippen molar-refractivity contribution in [2.75, 3.05) is 11.1 Å². The van der Waals surface area contributed by atoms with Gasteiger partial charge in [0.25, 0.3) is 0 Å². The summed E-state index contributed by atoms with van der Waals surface area (Å²) in [6, 6.07) is 14.2. The zero-order valence-electron chi connectivity index (χ0n) is 15.3. The molecule has 4 rings (SSSR count). The number of nitrogens with two attached hydrogens (primary N) is 2. The number of hydrogen-bond donors (Lipinski definition) is 3. The van der Waals surface area contributed by atoms with E-state index in [1.165, 1.54) is 18.5 Å². The number of benzene rings is 2. The van der Waals surface area contributed by atoms with Crippen LogP contribution in [0.1, 0.15) is 22.4 Å². The van der Waals surface area contributed by atoms with Gasteiger partial charge >= 0.3 is 0 Å². The number of halogens is 1. The van der Waals surface area contributed by atoms with Gasteiger partial charge < -0.3 is 15.8 Å². The molecule has 0 fully saturated rings. The number of nitrogens with zero attached hydrogens (tertiary/aromatic N) is 2. The maximum atomic E-state index is 13.8. The number of pyridine rings is 1. The Bertz CT molecular complexity index is 1050. The van der Waals surface area contributed by atoms with Gasteiger partial charge in [0.1, 0.15) is 18.2 Å². The van der Waals surface area contributed by atoms with Crippen LogP contribution in [0.3, 0.4) is 0 Å². The molecule has 142 valence electrons. The van der Waals surface area contributed by atoms with E-state index in [-0.39, 0.29) is 5.69 Å². The molecule has 1 aliphatic rings. The van der Waals surface area contributed by atoms with Crippen LogP contribution >= 0.6 is 0 Å². The fourth-order valence-electron chi connectivity index (χ4n) is 3.21. The molecule has 0 aliphatic carbocycles. The first-order valence-corrected chi connectivity index (χ1v) is 8.80. The van der Waals surface area contributed by atoms with Crippen molar-refractivity contribution in [2.45, 2.75) is 19.2 Å². The number of aliphatic imine (C=N–C) groups is 1. The summed E-state index contributed by atoms with van der Waals surface area (Å²) in [5.74, 6) is 0.230. The molecular formula is C21H20FN5O. The maximum absolute atomic E-state index is 13.8.